The number of aromatic nitrogens is 1. The Balaban J connectivity index is 2.62. The second-order valence-corrected chi connectivity index (χ2v) is 3.25. The fraction of sp³-hybridized carbons (Fsp3) is 0.400. The standard InChI is InChI=1S/C10H15N3O2/c1-15-6-8(11)9(14)5-7-3-2-4-13-10(7)12/h2-4,8H,5-6,11H2,1H3,(H2,12,13). The molecule has 82 valence electrons. The van der Waals surface area contributed by atoms with E-state index in [1.807, 2.05) is 0 Å². The Bertz CT molecular complexity index is 341. The van der Waals surface area contributed by atoms with Gasteiger partial charge in [0, 0.05) is 25.3 Å². The summed E-state index contributed by atoms with van der Waals surface area (Å²) < 4.78 is 4.80. The molecule has 5 nitrogen and oxygen atoms in total. The van der Waals surface area contributed by atoms with Crippen LogP contribution in [0.2, 0.25) is 0 Å². The van der Waals surface area contributed by atoms with Gasteiger partial charge >= 0.3 is 0 Å². The number of Topliss-reactive ketones (excluding diaryl/α,β-unsaturated/α-hetero) is 1. The smallest absolute Gasteiger partial charge is 0.156 e. The number of methoxy groups -OCH3 is 1. The molecular weight excluding hydrogens is 194 g/mol. The second kappa shape index (κ2) is 5.43. The Morgan fingerprint density at radius 2 is 2.40 bits per heavy atom. The maximum atomic E-state index is 11.6. The molecule has 0 aliphatic rings. The monoisotopic (exact) mass is 209 g/mol. The van der Waals surface area contributed by atoms with E-state index in [1.165, 1.54) is 7.11 Å². The number of carbonyl (C=O) groups excluding carboxylic acids is 1. The molecule has 5 heteroatoms. The van der Waals surface area contributed by atoms with E-state index >= 15 is 0 Å². The number of nitrogen functional groups attached to an aromatic ring is 1. The van der Waals surface area contributed by atoms with Crippen LogP contribution in [0.25, 0.3) is 0 Å². The number of ether oxygens (including phenoxy) is 1. The van der Waals surface area contributed by atoms with Crippen molar-refractivity contribution in [2.45, 2.75) is 12.5 Å². The molecule has 0 spiro atoms. The van der Waals surface area contributed by atoms with Gasteiger partial charge in [0.2, 0.25) is 0 Å². The third kappa shape index (κ3) is 3.30. The summed E-state index contributed by atoms with van der Waals surface area (Å²) in [5.41, 5.74) is 11.9. The Hall–Kier alpha value is -1.46. The Labute approximate surface area is 88.4 Å². The minimum absolute atomic E-state index is 0.100. The Morgan fingerprint density at radius 1 is 1.67 bits per heavy atom. The quantitative estimate of drug-likeness (QED) is 0.697. The molecule has 0 bridgehead atoms. The van der Waals surface area contributed by atoms with Crippen molar-refractivity contribution in [2.75, 3.05) is 19.5 Å². The van der Waals surface area contributed by atoms with Crippen LogP contribution in [0.4, 0.5) is 5.82 Å². The number of ketones is 1. The zero-order valence-corrected chi connectivity index (χ0v) is 8.64. The first-order valence-corrected chi connectivity index (χ1v) is 4.61. The zero-order valence-electron chi connectivity index (χ0n) is 8.64. The molecule has 0 fully saturated rings. The Morgan fingerprint density at radius 3 is 3.00 bits per heavy atom. The predicted molar refractivity (Wildman–Crippen MR) is 57.2 cm³/mol. The van der Waals surface area contributed by atoms with Gasteiger partial charge in [0.05, 0.1) is 12.6 Å². The van der Waals surface area contributed by atoms with Crippen molar-refractivity contribution in [1.82, 2.24) is 4.98 Å². The number of hydrogen-bond acceptors (Lipinski definition) is 5. The lowest BCUT2D eigenvalue weighted by molar-refractivity contribution is -0.120. The average Bonchev–Trinajstić information content (AvgIpc) is 2.21. The van der Waals surface area contributed by atoms with Crippen LogP contribution in [0, 0.1) is 0 Å². The topological polar surface area (TPSA) is 91.2 Å². The van der Waals surface area contributed by atoms with Crippen molar-refractivity contribution in [3.8, 4) is 0 Å². The summed E-state index contributed by atoms with van der Waals surface area (Å²) in [5.74, 6) is 0.270. The first kappa shape index (κ1) is 11.6. The van der Waals surface area contributed by atoms with Crippen molar-refractivity contribution in [1.29, 1.82) is 0 Å². The molecular formula is C10H15N3O2. The van der Waals surface area contributed by atoms with E-state index in [0.29, 0.717) is 11.4 Å². The molecule has 4 N–H and O–H groups in total. The van der Waals surface area contributed by atoms with E-state index in [4.69, 9.17) is 16.2 Å². The van der Waals surface area contributed by atoms with Crippen molar-refractivity contribution in [3.63, 3.8) is 0 Å². The van der Waals surface area contributed by atoms with Crippen molar-refractivity contribution < 1.29 is 9.53 Å². The molecule has 1 heterocycles. The van der Waals surface area contributed by atoms with Crippen LogP contribution in [-0.4, -0.2) is 30.5 Å². The molecule has 1 aromatic heterocycles. The largest absolute Gasteiger partial charge is 0.383 e. The molecule has 0 saturated carbocycles. The zero-order chi connectivity index (χ0) is 11.3. The predicted octanol–water partition coefficient (Wildman–Crippen LogP) is -0.251. The summed E-state index contributed by atoms with van der Waals surface area (Å²) in [6.45, 7) is 0.221. The van der Waals surface area contributed by atoms with E-state index in [9.17, 15) is 4.79 Å². The molecule has 0 saturated heterocycles. The molecule has 0 amide bonds. The van der Waals surface area contributed by atoms with Crippen LogP contribution in [0.3, 0.4) is 0 Å². The first-order chi connectivity index (χ1) is 7.15. The number of carbonyl (C=O) groups is 1. The molecule has 1 rings (SSSR count). The number of anilines is 1. The summed E-state index contributed by atoms with van der Waals surface area (Å²) in [6, 6.07) is 2.90. The fourth-order valence-electron chi connectivity index (χ4n) is 1.19. The summed E-state index contributed by atoms with van der Waals surface area (Å²) >= 11 is 0. The molecule has 1 aromatic rings. The van der Waals surface area contributed by atoms with E-state index in [2.05, 4.69) is 4.98 Å². The van der Waals surface area contributed by atoms with Crippen molar-refractivity contribution >= 4 is 11.6 Å². The first-order valence-electron chi connectivity index (χ1n) is 4.61. The summed E-state index contributed by atoms with van der Waals surface area (Å²) in [6.07, 6.45) is 1.78. The fourth-order valence-corrected chi connectivity index (χ4v) is 1.19. The highest BCUT2D eigenvalue weighted by molar-refractivity contribution is 5.86. The van der Waals surface area contributed by atoms with Gasteiger partial charge in [-0.05, 0) is 6.07 Å². The maximum absolute atomic E-state index is 11.6. The van der Waals surface area contributed by atoms with Gasteiger partial charge in [-0.3, -0.25) is 4.79 Å². The number of nitrogens with two attached hydrogens (primary N) is 2. The number of hydrogen-bond donors (Lipinski definition) is 2. The van der Waals surface area contributed by atoms with Crippen LogP contribution in [0.15, 0.2) is 18.3 Å². The van der Waals surface area contributed by atoms with Crippen LogP contribution in [0.5, 0.6) is 0 Å². The number of pyridine rings is 1. The summed E-state index contributed by atoms with van der Waals surface area (Å²) in [4.78, 5) is 15.5. The highest BCUT2D eigenvalue weighted by Crippen LogP contribution is 2.08. The van der Waals surface area contributed by atoms with Gasteiger partial charge in [0.25, 0.3) is 0 Å². The second-order valence-electron chi connectivity index (χ2n) is 3.25. The van der Waals surface area contributed by atoms with Gasteiger partial charge in [0.1, 0.15) is 5.82 Å². The van der Waals surface area contributed by atoms with Crippen LogP contribution in [0.1, 0.15) is 5.56 Å². The lowest BCUT2D eigenvalue weighted by Crippen LogP contribution is -2.36. The van der Waals surface area contributed by atoms with Gasteiger partial charge in [-0.15, -0.1) is 0 Å². The number of nitrogens with zero attached hydrogens (tertiary/aromatic N) is 1. The SMILES string of the molecule is COCC(N)C(=O)Cc1cccnc1N. The van der Waals surface area contributed by atoms with E-state index in [1.54, 1.807) is 18.3 Å². The Kier molecular flexibility index (Phi) is 4.20. The molecule has 1 unspecified atom stereocenters. The highest BCUT2D eigenvalue weighted by Gasteiger charge is 2.14. The molecule has 0 radical (unpaired) electrons. The van der Waals surface area contributed by atoms with Crippen molar-refractivity contribution in [2.24, 2.45) is 5.73 Å². The van der Waals surface area contributed by atoms with E-state index < -0.39 is 6.04 Å². The lowest BCUT2D eigenvalue weighted by atomic mass is 10.1. The van der Waals surface area contributed by atoms with Crippen LogP contribution >= 0.6 is 0 Å². The maximum Gasteiger partial charge on any atom is 0.156 e. The number of rotatable bonds is 5. The van der Waals surface area contributed by atoms with Gasteiger partial charge < -0.3 is 16.2 Å². The summed E-state index contributed by atoms with van der Waals surface area (Å²) in [7, 11) is 1.51. The van der Waals surface area contributed by atoms with Crippen LogP contribution in [-0.2, 0) is 16.0 Å². The third-order valence-electron chi connectivity index (χ3n) is 2.05. The lowest BCUT2D eigenvalue weighted by Gasteiger charge is -2.09. The van der Waals surface area contributed by atoms with Crippen molar-refractivity contribution in [3.05, 3.63) is 23.9 Å². The normalized spacial score (nSPS) is 12.4. The van der Waals surface area contributed by atoms with Gasteiger partial charge in [-0.25, -0.2) is 4.98 Å². The van der Waals surface area contributed by atoms with E-state index in [-0.39, 0.29) is 18.8 Å². The van der Waals surface area contributed by atoms with Gasteiger partial charge in [-0.1, -0.05) is 6.07 Å². The molecule has 0 aliphatic heterocycles. The minimum Gasteiger partial charge on any atom is -0.383 e. The molecule has 15 heavy (non-hydrogen) atoms. The summed E-state index contributed by atoms with van der Waals surface area (Å²) in [5, 5.41) is 0. The van der Waals surface area contributed by atoms with Gasteiger partial charge in [-0.2, -0.15) is 0 Å². The average molecular weight is 209 g/mol. The van der Waals surface area contributed by atoms with Gasteiger partial charge in [0.15, 0.2) is 5.78 Å². The molecule has 1 atom stereocenters. The highest BCUT2D eigenvalue weighted by atomic mass is 16.5. The molecule has 0 aliphatic carbocycles. The van der Waals surface area contributed by atoms with E-state index in [0.717, 1.165) is 0 Å². The van der Waals surface area contributed by atoms with Crippen LogP contribution < -0.4 is 11.5 Å². The minimum atomic E-state index is -0.602. The molecule has 0 aromatic carbocycles. The third-order valence-corrected chi connectivity index (χ3v) is 2.05.